The van der Waals surface area contributed by atoms with Crippen molar-refractivity contribution in [3.05, 3.63) is 69.8 Å². The number of carbonyl (C=O) groups is 1. The Morgan fingerprint density at radius 3 is 2.68 bits per heavy atom. The van der Waals surface area contributed by atoms with E-state index in [0.29, 0.717) is 5.75 Å². The molecule has 1 heterocycles. The molecule has 0 radical (unpaired) electrons. The summed E-state index contributed by atoms with van der Waals surface area (Å²) in [6.45, 7) is 4.75. The molecule has 0 atom stereocenters. The van der Waals surface area contributed by atoms with Crippen LogP contribution in [0, 0.1) is 17.0 Å². The van der Waals surface area contributed by atoms with E-state index in [0.717, 1.165) is 32.5 Å². The minimum Gasteiger partial charge on any atom is -0.484 e. The van der Waals surface area contributed by atoms with Crippen LogP contribution in [-0.2, 0) is 11.3 Å². The number of non-ortho nitro benzene ring substituents is 1. The zero-order chi connectivity index (χ0) is 19.9. The number of nitrogens with one attached hydrogen (secondary N) is 1. The number of amides is 1. The van der Waals surface area contributed by atoms with Crippen molar-refractivity contribution >= 4 is 11.6 Å². The minimum absolute atomic E-state index is 0.0566. The van der Waals surface area contributed by atoms with Crippen molar-refractivity contribution in [2.75, 3.05) is 19.7 Å². The molecule has 0 aliphatic carbocycles. The number of piperidine rings is 1. The van der Waals surface area contributed by atoms with Crippen LogP contribution in [0.4, 0.5) is 5.69 Å². The molecule has 0 unspecified atom stereocenters. The lowest BCUT2D eigenvalue weighted by atomic mass is 10.0. The van der Waals surface area contributed by atoms with Gasteiger partial charge in [0, 0.05) is 31.7 Å². The lowest BCUT2D eigenvalue weighted by Gasteiger charge is -2.32. The summed E-state index contributed by atoms with van der Waals surface area (Å²) in [5, 5.41) is 13.8. The van der Waals surface area contributed by atoms with E-state index in [-0.39, 0.29) is 24.2 Å². The number of ether oxygens (including phenoxy) is 1. The summed E-state index contributed by atoms with van der Waals surface area (Å²) in [5.41, 5.74) is 2.52. The maximum absolute atomic E-state index is 12.1. The molecular formula is C21H25N3O4. The maximum Gasteiger partial charge on any atom is 0.273 e. The first-order chi connectivity index (χ1) is 13.5. The van der Waals surface area contributed by atoms with Gasteiger partial charge in [-0.3, -0.25) is 19.8 Å². The second-order valence-corrected chi connectivity index (χ2v) is 7.15. The van der Waals surface area contributed by atoms with Crippen molar-refractivity contribution in [2.24, 2.45) is 0 Å². The highest BCUT2D eigenvalue weighted by Crippen LogP contribution is 2.19. The van der Waals surface area contributed by atoms with Gasteiger partial charge in [-0.1, -0.05) is 35.9 Å². The number of rotatable bonds is 7. The molecule has 1 aliphatic heterocycles. The number of nitrogens with zero attached hydrogens (tertiary/aromatic N) is 2. The molecular weight excluding hydrogens is 358 g/mol. The third kappa shape index (κ3) is 5.79. The molecule has 2 aromatic carbocycles. The summed E-state index contributed by atoms with van der Waals surface area (Å²) in [4.78, 5) is 24.8. The highest BCUT2D eigenvalue weighted by atomic mass is 16.6. The van der Waals surface area contributed by atoms with Gasteiger partial charge in [-0.15, -0.1) is 0 Å². The number of likely N-dealkylation sites (tertiary alicyclic amines) is 1. The maximum atomic E-state index is 12.1. The number of benzene rings is 2. The van der Waals surface area contributed by atoms with Gasteiger partial charge in [0.25, 0.3) is 11.6 Å². The number of nitro groups is 1. The Morgan fingerprint density at radius 1 is 1.21 bits per heavy atom. The van der Waals surface area contributed by atoms with E-state index in [9.17, 15) is 14.9 Å². The highest BCUT2D eigenvalue weighted by molar-refractivity contribution is 5.77. The zero-order valence-electron chi connectivity index (χ0n) is 16.0. The summed E-state index contributed by atoms with van der Waals surface area (Å²) in [7, 11) is 0. The SMILES string of the molecule is Cc1cccc(CN2CCC(NC(=O)COc3cccc([N+](=O)[O-])c3)CC2)c1. The lowest BCUT2D eigenvalue weighted by molar-refractivity contribution is -0.384. The molecule has 2 aromatic rings. The first-order valence-electron chi connectivity index (χ1n) is 9.44. The van der Waals surface area contributed by atoms with E-state index in [4.69, 9.17) is 4.74 Å². The quantitative estimate of drug-likeness (QED) is 0.587. The van der Waals surface area contributed by atoms with Gasteiger partial charge in [0.2, 0.25) is 0 Å². The van der Waals surface area contributed by atoms with Gasteiger partial charge >= 0.3 is 0 Å². The molecule has 1 aliphatic rings. The fourth-order valence-electron chi connectivity index (χ4n) is 3.41. The minimum atomic E-state index is -0.489. The lowest BCUT2D eigenvalue weighted by Crippen LogP contribution is -2.45. The van der Waals surface area contributed by atoms with E-state index in [1.807, 2.05) is 0 Å². The van der Waals surface area contributed by atoms with Crippen LogP contribution in [0.5, 0.6) is 5.75 Å². The Hall–Kier alpha value is -2.93. The van der Waals surface area contributed by atoms with E-state index < -0.39 is 4.92 Å². The number of hydrogen-bond acceptors (Lipinski definition) is 5. The van der Waals surface area contributed by atoms with Crippen molar-refractivity contribution < 1.29 is 14.5 Å². The van der Waals surface area contributed by atoms with Crippen LogP contribution >= 0.6 is 0 Å². The standard InChI is InChI=1S/C21H25N3O4/c1-16-4-2-5-17(12-16)14-23-10-8-18(9-11-23)22-21(25)15-28-20-7-3-6-19(13-20)24(26)27/h2-7,12-13,18H,8-11,14-15H2,1H3,(H,22,25). The van der Waals surface area contributed by atoms with Gasteiger partial charge in [0.15, 0.2) is 6.61 Å². The predicted octanol–water partition coefficient (Wildman–Crippen LogP) is 3.06. The Bertz CT molecular complexity index is 832. The molecule has 7 heteroatoms. The topological polar surface area (TPSA) is 84.7 Å². The molecule has 0 bridgehead atoms. The highest BCUT2D eigenvalue weighted by Gasteiger charge is 2.21. The van der Waals surface area contributed by atoms with Crippen molar-refractivity contribution in [3.63, 3.8) is 0 Å². The monoisotopic (exact) mass is 383 g/mol. The average molecular weight is 383 g/mol. The summed E-state index contributed by atoms with van der Waals surface area (Å²) in [6.07, 6.45) is 1.79. The Labute approximate surface area is 164 Å². The van der Waals surface area contributed by atoms with Crippen LogP contribution in [0.1, 0.15) is 24.0 Å². The third-order valence-corrected chi connectivity index (χ3v) is 4.84. The molecule has 3 rings (SSSR count). The van der Waals surface area contributed by atoms with Crippen LogP contribution in [0.3, 0.4) is 0 Å². The summed E-state index contributed by atoms with van der Waals surface area (Å²) in [5.74, 6) is 0.112. The molecule has 1 amide bonds. The first-order valence-corrected chi connectivity index (χ1v) is 9.44. The molecule has 28 heavy (non-hydrogen) atoms. The molecule has 0 saturated carbocycles. The molecule has 0 spiro atoms. The van der Waals surface area contributed by atoms with Gasteiger partial charge in [0.1, 0.15) is 5.75 Å². The van der Waals surface area contributed by atoms with Crippen molar-refractivity contribution in [1.29, 1.82) is 0 Å². The smallest absolute Gasteiger partial charge is 0.273 e. The molecule has 148 valence electrons. The Balaban J connectivity index is 1.40. The molecule has 0 aromatic heterocycles. The summed E-state index contributed by atoms with van der Waals surface area (Å²) < 4.78 is 5.38. The predicted molar refractivity (Wildman–Crippen MR) is 106 cm³/mol. The number of aryl methyl sites for hydroxylation is 1. The third-order valence-electron chi connectivity index (χ3n) is 4.84. The second-order valence-electron chi connectivity index (χ2n) is 7.15. The molecule has 1 N–H and O–H groups in total. The van der Waals surface area contributed by atoms with Gasteiger partial charge < -0.3 is 10.1 Å². The van der Waals surface area contributed by atoms with Crippen LogP contribution in [0.15, 0.2) is 48.5 Å². The molecule has 1 saturated heterocycles. The first kappa shape index (κ1) is 19.8. The average Bonchev–Trinajstić information content (AvgIpc) is 2.68. The van der Waals surface area contributed by atoms with Gasteiger partial charge in [-0.2, -0.15) is 0 Å². The largest absolute Gasteiger partial charge is 0.484 e. The molecule has 7 nitrogen and oxygen atoms in total. The van der Waals surface area contributed by atoms with Crippen LogP contribution in [-0.4, -0.2) is 41.5 Å². The van der Waals surface area contributed by atoms with E-state index in [1.165, 1.54) is 29.3 Å². The van der Waals surface area contributed by atoms with Crippen molar-refractivity contribution in [3.8, 4) is 5.75 Å². The van der Waals surface area contributed by atoms with Gasteiger partial charge in [0.05, 0.1) is 11.0 Å². The normalized spacial score (nSPS) is 15.2. The Morgan fingerprint density at radius 2 is 1.96 bits per heavy atom. The second kappa shape index (κ2) is 9.32. The van der Waals surface area contributed by atoms with Crippen LogP contribution < -0.4 is 10.1 Å². The van der Waals surface area contributed by atoms with E-state index in [1.54, 1.807) is 6.07 Å². The summed E-state index contributed by atoms with van der Waals surface area (Å²) >= 11 is 0. The van der Waals surface area contributed by atoms with Crippen molar-refractivity contribution in [1.82, 2.24) is 10.2 Å². The zero-order valence-corrected chi connectivity index (χ0v) is 16.0. The van der Waals surface area contributed by atoms with E-state index in [2.05, 4.69) is 41.4 Å². The van der Waals surface area contributed by atoms with Gasteiger partial charge in [-0.25, -0.2) is 0 Å². The Kier molecular flexibility index (Phi) is 6.60. The fourth-order valence-corrected chi connectivity index (χ4v) is 3.41. The number of hydrogen-bond donors (Lipinski definition) is 1. The molecule has 1 fully saturated rings. The van der Waals surface area contributed by atoms with E-state index >= 15 is 0 Å². The van der Waals surface area contributed by atoms with Crippen molar-refractivity contribution in [2.45, 2.75) is 32.4 Å². The van der Waals surface area contributed by atoms with Crippen LogP contribution in [0.2, 0.25) is 0 Å². The van der Waals surface area contributed by atoms with Crippen LogP contribution in [0.25, 0.3) is 0 Å². The number of nitro benzene ring substituents is 1. The summed E-state index contributed by atoms with van der Waals surface area (Å²) in [6, 6.07) is 14.5. The fraction of sp³-hybridized carbons (Fsp3) is 0.381. The van der Waals surface area contributed by atoms with Gasteiger partial charge in [-0.05, 0) is 31.4 Å². The number of carbonyl (C=O) groups excluding carboxylic acids is 1.